The minimum Gasteiger partial charge on any atom is -0.356 e. The zero-order chi connectivity index (χ0) is 17.6. The Balaban J connectivity index is 1.44. The van der Waals surface area contributed by atoms with Crippen molar-refractivity contribution in [2.24, 2.45) is 0 Å². The number of benzene rings is 1. The van der Waals surface area contributed by atoms with E-state index in [1.165, 1.54) is 12.1 Å². The molecule has 2 saturated heterocycles. The minimum atomic E-state index is -0.306. The highest BCUT2D eigenvalue weighted by molar-refractivity contribution is 5.84. The molecule has 1 amide bonds. The molecule has 0 saturated carbocycles. The average molecular weight is 345 g/mol. The van der Waals surface area contributed by atoms with Crippen molar-refractivity contribution in [3.05, 3.63) is 29.7 Å². The summed E-state index contributed by atoms with van der Waals surface area (Å²) in [6.45, 7) is 6.79. The molecule has 1 aromatic heterocycles. The Morgan fingerprint density at radius 2 is 1.96 bits per heavy atom. The first kappa shape index (κ1) is 16.5. The van der Waals surface area contributed by atoms with Gasteiger partial charge in [-0.3, -0.25) is 9.69 Å². The lowest BCUT2D eigenvalue weighted by molar-refractivity contribution is -0.133. The summed E-state index contributed by atoms with van der Waals surface area (Å²) in [6.07, 6.45) is 2.82. The molecule has 25 heavy (non-hydrogen) atoms. The summed E-state index contributed by atoms with van der Waals surface area (Å²) in [4.78, 5) is 16.9. The fourth-order valence-corrected chi connectivity index (χ4v) is 4.25. The fraction of sp³-hybridized carbons (Fsp3) is 0.579. The van der Waals surface area contributed by atoms with Crippen LogP contribution in [0.3, 0.4) is 0 Å². The zero-order valence-corrected chi connectivity index (χ0v) is 14.7. The number of carbonyl (C=O) groups excluding carboxylic acids is 1. The second kappa shape index (κ2) is 6.41. The third kappa shape index (κ3) is 2.92. The first-order chi connectivity index (χ1) is 12.0. The molecule has 1 aromatic carbocycles. The van der Waals surface area contributed by atoms with E-state index in [0.29, 0.717) is 11.5 Å². The molecule has 2 aromatic rings. The maximum Gasteiger partial charge on any atom is 0.240 e. The summed E-state index contributed by atoms with van der Waals surface area (Å²) < 4.78 is 18.6. The van der Waals surface area contributed by atoms with Crippen molar-refractivity contribution < 1.29 is 13.7 Å². The molecule has 1 unspecified atom stereocenters. The molecule has 6 heteroatoms. The molecule has 0 spiro atoms. The molecule has 1 atom stereocenters. The average Bonchev–Trinajstić information content (AvgIpc) is 3.18. The van der Waals surface area contributed by atoms with Crippen molar-refractivity contribution in [1.29, 1.82) is 0 Å². The van der Waals surface area contributed by atoms with Crippen LogP contribution in [0.5, 0.6) is 0 Å². The highest BCUT2D eigenvalue weighted by atomic mass is 19.1. The number of fused-ring (bicyclic) bond motifs is 1. The standard InChI is InChI=1S/C19H24FN3O2/c1-12(2)23-10-7-16(19(23)24)22-8-5-13(6-9-22)18-15-4-3-14(20)11-17(15)25-21-18/h3-4,11-13,16H,5-10H2,1-2H3. The van der Waals surface area contributed by atoms with Gasteiger partial charge in [0.15, 0.2) is 5.58 Å². The molecular formula is C19H24FN3O2. The number of amides is 1. The molecule has 3 heterocycles. The van der Waals surface area contributed by atoms with Gasteiger partial charge in [0.25, 0.3) is 0 Å². The molecule has 0 N–H and O–H groups in total. The van der Waals surface area contributed by atoms with Crippen LogP contribution in [0.15, 0.2) is 22.7 Å². The predicted octanol–water partition coefficient (Wildman–Crippen LogP) is 3.16. The first-order valence-electron chi connectivity index (χ1n) is 9.14. The highest BCUT2D eigenvalue weighted by Crippen LogP contribution is 2.34. The van der Waals surface area contributed by atoms with Gasteiger partial charge in [-0.2, -0.15) is 0 Å². The van der Waals surface area contributed by atoms with Crippen molar-refractivity contribution in [1.82, 2.24) is 15.0 Å². The monoisotopic (exact) mass is 345 g/mol. The Morgan fingerprint density at radius 1 is 1.20 bits per heavy atom. The Bertz CT molecular complexity index is 780. The Labute approximate surface area is 146 Å². The second-order valence-corrected chi connectivity index (χ2v) is 7.45. The van der Waals surface area contributed by atoms with E-state index in [9.17, 15) is 9.18 Å². The van der Waals surface area contributed by atoms with Crippen LogP contribution in [0.25, 0.3) is 11.0 Å². The molecular weight excluding hydrogens is 321 g/mol. The van der Waals surface area contributed by atoms with Crippen molar-refractivity contribution in [3.8, 4) is 0 Å². The van der Waals surface area contributed by atoms with E-state index in [1.807, 2.05) is 4.90 Å². The summed E-state index contributed by atoms with van der Waals surface area (Å²) in [7, 11) is 0. The van der Waals surface area contributed by atoms with Crippen molar-refractivity contribution in [2.75, 3.05) is 19.6 Å². The minimum absolute atomic E-state index is 0.0338. The maximum absolute atomic E-state index is 13.3. The number of rotatable bonds is 3. The molecule has 134 valence electrons. The molecule has 4 rings (SSSR count). The number of nitrogens with zero attached hydrogens (tertiary/aromatic N) is 3. The lowest BCUT2D eigenvalue weighted by atomic mass is 9.91. The van der Waals surface area contributed by atoms with E-state index in [-0.39, 0.29) is 23.8 Å². The van der Waals surface area contributed by atoms with E-state index in [2.05, 4.69) is 23.9 Å². The topological polar surface area (TPSA) is 49.6 Å². The van der Waals surface area contributed by atoms with Gasteiger partial charge < -0.3 is 9.42 Å². The van der Waals surface area contributed by atoms with Gasteiger partial charge in [0.2, 0.25) is 5.91 Å². The van der Waals surface area contributed by atoms with Crippen LogP contribution in [0, 0.1) is 5.82 Å². The summed E-state index contributed by atoms with van der Waals surface area (Å²) in [6, 6.07) is 4.90. The summed E-state index contributed by atoms with van der Waals surface area (Å²) >= 11 is 0. The largest absolute Gasteiger partial charge is 0.356 e. The number of piperidine rings is 1. The number of carbonyl (C=O) groups is 1. The quantitative estimate of drug-likeness (QED) is 0.857. The molecule has 5 nitrogen and oxygen atoms in total. The maximum atomic E-state index is 13.3. The van der Waals surface area contributed by atoms with Crippen molar-refractivity contribution >= 4 is 16.9 Å². The van der Waals surface area contributed by atoms with Gasteiger partial charge in [-0.25, -0.2) is 4.39 Å². The molecule has 0 bridgehead atoms. The van der Waals surface area contributed by atoms with Gasteiger partial charge in [0, 0.05) is 30.0 Å². The molecule has 0 radical (unpaired) electrons. The number of hydrogen-bond donors (Lipinski definition) is 0. The van der Waals surface area contributed by atoms with Gasteiger partial charge in [0.1, 0.15) is 5.82 Å². The number of halogens is 1. The molecule has 0 aliphatic carbocycles. The summed E-state index contributed by atoms with van der Waals surface area (Å²) in [5.74, 6) is 0.274. The van der Waals surface area contributed by atoms with Gasteiger partial charge in [0.05, 0.1) is 11.7 Å². The zero-order valence-electron chi connectivity index (χ0n) is 14.7. The molecule has 2 aliphatic rings. The van der Waals surface area contributed by atoms with Gasteiger partial charge in [-0.05, 0) is 58.3 Å². The van der Waals surface area contributed by atoms with Crippen LogP contribution < -0.4 is 0 Å². The van der Waals surface area contributed by atoms with Crippen LogP contribution in [-0.2, 0) is 4.79 Å². The Kier molecular flexibility index (Phi) is 4.23. The second-order valence-electron chi connectivity index (χ2n) is 7.45. The highest BCUT2D eigenvalue weighted by Gasteiger charge is 2.38. The lowest BCUT2D eigenvalue weighted by Gasteiger charge is -2.34. The van der Waals surface area contributed by atoms with Crippen LogP contribution >= 0.6 is 0 Å². The lowest BCUT2D eigenvalue weighted by Crippen LogP contribution is -2.46. The van der Waals surface area contributed by atoms with Crippen molar-refractivity contribution in [3.63, 3.8) is 0 Å². The fourth-order valence-electron chi connectivity index (χ4n) is 4.25. The third-order valence-electron chi connectivity index (χ3n) is 5.65. The smallest absolute Gasteiger partial charge is 0.240 e. The first-order valence-corrected chi connectivity index (χ1v) is 9.14. The number of aromatic nitrogens is 1. The van der Waals surface area contributed by atoms with E-state index in [1.54, 1.807) is 6.07 Å². The SMILES string of the molecule is CC(C)N1CCC(N2CCC(c3noc4cc(F)ccc34)CC2)C1=O. The molecule has 2 aliphatic heterocycles. The van der Waals surface area contributed by atoms with Crippen LogP contribution in [0.1, 0.15) is 44.7 Å². The summed E-state index contributed by atoms with van der Waals surface area (Å²) in [5, 5.41) is 5.10. The Morgan fingerprint density at radius 3 is 2.64 bits per heavy atom. The van der Waals surface area contributed by atoms with Gasteiger partial charge in [-0.15, -0.1) is 0 Å². The van der Waals surface area contributed by atoms with Gasteiger partial charge in [-0.1, -0.05) is 5.16 Å². The van der Waals surface area contributed by atoms with E-state index in [0.717, 1.165) is 50.0 Å². The normalized spacial score (nSPS) is 23.3. The van der Waals surface area contributed by atoms with Crippen LogP contribution in [-0.4, -0.2) is 52.6 Å². The Hall–Kier alpha value is -1.95. The van der Waals surface area contributed by atoms with E-state index >= 15 is 0 Å². The predicted molar refractivity (Wildman–Crippen MR) is 92.8 cm³/mol. The molecule has 2 fully saturated rings. The van der Waals surface area contributed by atoms with Crippen LogP contribution in [0.2, 0.25) is 0 Å². The van der Waals surface area contributed by atoms with Crippen molar-refractivity contribution in [2.45, 2.75) is 51.1 Å². The van der Waals surface area contributed by atoms with Gasteiger partial charge >= 0.3 is 0 Å². The van der Waals surface area contributed by atoms with E-state index in [4.69, 9.17) is 4.52 Å². The number of likely N-dealkylation sites (tertiary alicyclic amines) is 2. The number of hydrogen-bond acceptors (Lipinski definition) is 4. The summed E-state index contributed by atoms with van der Waals surface area (Å²) in [5.41, 5.74) is 1.44. The van der Waals surface area contributed by atoms with Crippen LogP contribution in [0.4, 0.5) is 4.39 Å². The van der Waals surface area contributed by atoms with E-state index < -0.39 is 0 Å². The third-order valence-corrected chi connectivity index (χ3v) is 5.65.